The van der Waals surface area contributed by atoms with Crippen molar-refractivity contribution in [3.8, 4) is 0 Å². The van der Waals surface area contributed by atoms with Gasteiger partial charge in [-0.1, -0.05) is 30.3 Å². The lowest BCUT2D eigenvalue weighted by molar-refractivity contribution is 0.00649. The Kier molecular flexibility index (Phi) is 4.88. The number of nitrogens with two attached hydrogens (primary N) is 1. The maximum absolute atomic E-state index is 12.4. The lowest BCUT2D eigenvalue weighted by atomic mass is 9.92. The lowest BCUT2D eigenvalue weighted by Crippen LogP contribution is -2.50. The van der Waals surface area contributed by atoms with Crippen LogP contribution in [0.4, 0.5) is 4.79 Å². The van der Waals surface area contributed by atoms with E-state index >= 15 is 0 Å². The Bertz CT molecular complexity index is 467. The highest BCUT2D eigenvalue weighted by Crippen LogP contribution is 2.28. The van der Waals surface area contributed by atoms with Crippen LogP contribution in [0.15, 0.2) is 30.3 Å². The summed E-state index contributed by atoms with van der Waals surface area (Å²) in [5, 5.41) is 0. The van der Waals surface area contributed by atoms with E-state index in [1.54, 1.807) is 0 Å². The maximum Gasteiger partial charge on any atom is 0.410 e. The third-order valence-corrected chi connectivity index (χ3v) is 3.78. The van der Waals surface area contributed by atoms with Crippen LogP contribution < -0.4 is 5.73 Å². The second kappa shape index (κ2) is 6.48. The number of amides is 1. The van der Waals surface area contributed by atoms with Gasteiger partial charge in [0.25, 0.3) is 0 Å². The van der Waals surface area contributed by atoms with Gasteiger partial charge < -0.3 is 15.4 Å². The van der Waals surface area contributed by atoms with Crippen LogP contribution in [-0.2, 0) is 4.74 Å². The Morgan fingerprint density at radius 1 is 1.29 bits per heavy atom. The van der Waals surface area contributed by atoms with Crippen LogP contribution >= 0.6 is 0 Å². The first-order chi connectivity index (χ1) is 9.88. The average Bonchev–Trinajstić information content (AvgIpc) is 2.45. The van der Waals surface area contributed by atoms with Crippen molar-refractivity contribution >= 4 is 6.09 Å². The van der Waals surface area contributed by atoms with Gasteiger partial charge >= 0.3 is 6.09 Å². The maximum atomic E-state index is 12.4. The SMILES string of the molecule is CC(C)(C)OC(=O)N1CCCC[C@@H]1[C@@H](N)c1ccccc1. The number of carbonyl (C=O) groups excluding carboxylic acids is 1. The predicted molar refractivity (Wildman–Crippen MR) is 83.9 cm³/mol. The molecule has 1 fully saturated rings. The summed E-state index contributed by atoms with van der Waals surface area (Å²) < 4.78 is 5.52. The van der Waals surface area contributed by atoms with E-state index in [4.69, 9.17) is 10.5 Å². The topological polar surface area (TPSA) is 55.6 Å². The minimum Gasteiger partial charge on any atom is -0.444 e. The fourth-order valence-corrected chi connectivity index (χ4v) is 2.78. The summed E-state index contributed by atoms with van der Waals surface area (Å²) in [5.74, 6) is 0. The highest BCUT2D eigenvalue weighted by molar-refractivity contribution is 5.69. The first kappa shape index (κ1) is 15.8. The van der Waals surface area contributed by atoms with Crippen molar-refractivity contribution in [3.63, 3.8) is 0 Å². The zero-order valence-electron chi connectivity index (χ0n) is 13.2. The summed E-state index contributed by atoms with van der Waals surface area (Å²) in [6, 6.07) is 9.82. The number of hydrogen-bond donors (Lipinski definition) is 1. The second-order valence-corrected chi connectivity index (χ2v) is 6.67. The molecule has 116 valence electrons. The number of hydrogen-bond acceptors (Lipinski definition) is 3. The van der Waals surface area contributed by atoms with E-state index in [-0.39, 0.29) is 18.2 Å². The molecule has 0 bridgehead atoms. The molecule has 2 rings (SSSR count). The molecule has 0 saturated carbocycles. The zero-order valence-corrected chi connectivity index (χ0v) is 13.2. The summed E-state index contributed by atoms with van der Waals surface area (Å²) in [4.78, 5) is 14.2. The summed E-state index contributed by atoms with van der Waals surface area (Å²) in [5.41, 5.74) is 7.00. The molecule has 1 aromatic rings. The molecule has 4 nitrogen and oxygen atoms in total. The zero-order chi connectivity index (χ0) is 15.5. The van der Waals surface area contributed by atoms with E-state index in [1.807, 2.05) is 56.0 Å². The van der Waals surface area contributed by atoms with E-state index in [9.17, 15) is 4.79 Å². The Labute approximate surface area is 127 Å². The van der Waals surface area contributed by atoms with Crippen LogP contribution in [0.5, 0.6) is 0 Å². The molecule has 1 saturated heterocycles. The molecule has 0 unspecified atom stereocenters. The van der Waals surface area contributed by atoms with E-state index in [0.29, 0.717) is 0 Å². The molecule has 1 aliphatic rings. The number of likely N-dealkylation sites (tertiary alicyclic amines) is 1. The van der Waals surface area contributed by atoms with Crippen LogP contribution in [0.3, 0.4) is 0 Å². The number of ether oxygens (including phenoxy) is 1. The van der Waals surface area contributed by atoms with E-state index in [2.05, 4.69) is 0 Å². The van der Waals surface area contributed by atoms with Crippen molar-refractivity contribution in [2.45, 2.75) is 57.7 Å². The number of nitrogens with zero attached hydrogens (tertiary/aromatic N) is 1. The van der Waals surface area contributed by atoms with Crippen molar-refractivity contribution in [2.75, 3.05) is 6.54 Å². The molecule has 0 aromatic heterocycles. The molecule has 1 aliphatic heterocycles. The number of carbonyl (C=O) groups is 1. The van der Waals surface area contributed by atoms with Gasteiger partial charge in [0.2, 0.25) is 0 Å². The summed E-state index contributed by atoms with van der Waals surface area (Å²) >= 11 is 0. The van der Waals surface area contributed by atoms with Gasteiger partial charge in [-0.3, -0.25) is 0 Å². The minimum atomic E-state index is -0.476. The molecular weight excluding hydrogens is 264 g/mol. The van der Waals surface area contributed by atoms with Crippen LogP contribution in [0.25, 0.3) is 0 Å². The smallest absolute Gasteiger partial charge is 0.410 e. The van der Waals surface area contributed by atoms with E-state index in [0.717, 1.165) is 31.4 Å². The molecule has 0 spiro atoms. The normalized spacial score (nSPS) is 21.0. The highest BCUT2D eigenvalue weighted by atomic mass is 16.6. The molecule has 21 heavy (non-hydrogen) atoms. The van der Waals surface area contributed by atoms with Gasteiger partial charge in [-0.05, 0) is 45.6 Å². The molecule has 1 amide bonds. The fourth-order valence-electron chi connectivity index (χ4n) is 2.78. The largest absolute Gasteiger partial charge is 0.444 e. The van der Waals surface area contributed by atoms with Gasteiger partial charge in [0.15, 0.2) is 0 Å². The fraction of sp³-hybridized carbons (Fsp3) is 0.588. The second-order valence-electron chi connectivity index (χ2n) is 6.67. The minimum absolute atomic E-state index is 0.0102. The van der Waals surface area contributed by atoms with Crippen molar-refractivity contribution in [1.82, 2.24) is 4.90 Å². The van der Waals surface area contributed by atoms with Crippen LogP contribution in [0.1, 0.15) is 51.6 Å². The van der Waals surface area contributed by atoms with Gasteiger partial charge in [0.1, 0.15) is 5.60 Å². The summed E-state index contributed by atoms with van der Waals surface area (Å²) in [7, 11) is 0. The molecule has 0 aliphatic carbocycles. The van der Waals surface area contributed by atoms with Gasteiger partial charge in [0, 0.05) is 6.54 Å². The number of benzene rings is 1. The van der Waals surface area contributed by atoms with Crippen LogP contribution in [-0.4, -0.2) is 29.2 Å². The Balaban J connectivity index is 2.13. The van der Waals surface area contributed by atoms with Crippen molar-refractivity contribution in [3.05, 3.63) is 35.9 Å². The molecular formula is C17H26N2O2. The predicted octanol–water partition coefficient (Wildman–Crippen LogP) is 3.48. The lowest BCUT2D eigenvalue weighted by Gasteiger charge is -2.39. The van der Waals surface area contributed by atoms with Gasteiger partial charge in [-0.2, -0.15) is 0 Å². The molecule has 2 atom stereocenters. The van der Waals surface area contributed by atoms with Crippen LogP contribution in [0.2, 0.25) is 0 Å². The van der Waals surface area contributed by atoms with Crippen molar-refractivity contribution < 1.29 is 9.53 Å². The summed E-state index contributed by atoms with van der Waals surface area (Å²) in [6.45, 7) is 6.39. The van der Waals surface area contributed by atoms with Crippen molar-refractivity contribution in [2.24, 2.45) is 5.73 Å². The highest BCUT2D eigenvalue weighted by Gasteiger charge is 2.34. The molecule has 2 N–H and O–H groups in total. The van der Waals surface area contributed by atoms with Gasteiger partial charge in [-0.25, -0.2) is 4.79 Å². The number of rotatable bonds is 2. The quantitative estimate of drug-likeness (QED) is 0.907. The first-order valence-electron chi connectivity index (χ1n) is 7.68. The first-order valence-corrected chi connectivity index (χ1v) is 7.68. The monoisotopic (exact) mass is 290 g/mol. The third kappa shape index (κ3) is 4.21. The molecule has 0 radical (unpaired) electrons. The van der Waals surface area contributed by atoms with Crippen molar-refractivity contribution in [1.29, 1.82) is 0 Å². The van der Waals surface area contributed by atoms with E-state index < -0.39 is 5.60 Å². The van der Waals surface area contributed by atoms with Gasteiger partial charge in [0.05, 0.1) is 12.1 Å². The molecule has 1 aromatic carbocycles. The average molecular weight is 290 g/mol. The Morgan fingerprint density at radius 3 is 2.57 bits per heavy atom. The third-order valence-electron chi connectivity index (χ3n) is 3.78. The van der Waals surface area contributed by atoms with E-state index in [1.165, 1.54) is 0 Å². The Morgan fingerprint density at radius 2 is 1.95 bits per heavy atom. The Hall–Kier alpha value is -1.55. The van der Waals surface area contributed by atoms with Gasteiger partial charge in [-0.15, -0.1) is 0 Å². The standard InChI is InChI=1S/C17H26N2O2/c1-17(2,3)21-16(20)19-12-8-7-11-14(19)15(18)13-9-5-4-6-10-13/h4-6,9-10,14-15H,7-8,11-12,18H2,1-3H3/t14-,15+/m1/s1. The molecule has 4 heteroatoms. The number of piperidine rings is 1. The molecule has 1 heterocycles. The summed E-state index contributed by atoms with van der Waals surface area (Å²) in [6.07, 6.45) is 2.79. The van der Waals surface area contributed by atoms with Crippen LogP contribution in [0, 0.1) is 0 Å².